The van der Waals surface area contributed by atoms with Crippen LogP contribution in [0.2, 0.25) is 0 Å². The number of phenolic OH excluding ortho intramolecular Hbond substituents is 1. The van der Waals surface area contributed by atoms with E-state index >= 15 is 0 Å². The Morgan fingerprint density at radius 1 is 1.07 bits per heavy atom. The van der Waals surface area contributed by atoms with Crippen LogP contribution in [0.25, 0.3) is 11.1 Å². The van der Waals surface area contributed by atoms with Gasteiger partial charge in [0, 0.05) is 17.3 Å². The van der Waals surface area contributed by atoms with Crippen LogP contribution in [0.4, 0.5) is 5.69 Å². The van der Waals surface area contributed by atoms with Crippen LogP contribution in [0.15, 0.2) is 42.5 Å². The normalized spacial score (nSPS) is 10.2. The van der Waals surface area contributed by atoms with Crippen LogP contribution in [-0.2, 0) is 0 Å². The van der Waals surface area contributed by atoms with Gasteiger partial charge in [-0.1, -0.05) is 29.8 Å². The van der Waals surface area contributed by atoms with Gasteiger partial charge >= 0.3 is 0 Å². The summed E-state index contributed by atoms with van der Waals surface area (Å²) in [5.74, 6) is 0.223. The molecule has 0 aromatic heterocycles. The molecule has 0 aliphatic carbocycles. The number of anilines is 1. The molecular formula is C13H13NO. The number of benzene rings is 2. The zero-order chi connectivity index (χ0) is 10.8. The van der Waals surface area contributed by atoms with E-state index in [-0.39, 0.29) is 5.75 Å². The summed E-state index contributed by atoms with van der Waals surface area (Å²) in [6.45, 7) is 2.03. The van der Waals surface area contributed by atoms with E-state index in [0.29, 0.717) is 5.69 Å². The van der Waals surface area contributed by atoms with Crippen molar-refractivity contribution in [3.8, 4) is 16.9 Å². The van der Waals surface area contributed by atoms with Gasteiger partial charge in [-0.3, -0.25) is 0 Å². The van der Waals surface area contributed by atoms with Crippen molar-refractivity contribution in [3.05, 3.63) is 48.0 Å². The molecular weight excluding hydrogens is 186 g/mol. The molecule has 0 aliphatic rings. The zero-order valence-electron chi connectivity index (χ0n) is 8.57. The lowest BCUT2D eigenvalue weighted by atomic mass is 10.0. The first-order valence-electron chi connectivity index (χ1n) is 4.82. The van der Waals surface area contributed by atoms with Crippen LogP contribution in [-0.4, -0.2) is 5.11 Å². The highest BCUT2D eigenvalue weighted by Gasteiger charge is 2.03. The van der Waals surface area contributed by atoms with E-state index in [1.165, 1.54) is 5.56 Å². The highest BCUT2D eigenvalue weighted by Crippen LogP contribution is 2.30. The molecule has 0 bridgehead atoms. The van der Waals surface area contributed by atoms with Gasteiger partial charge in [-0.15, -0.1) is 0 Å². The lowest BCUT2D eigenvalue weighted by Crippen LogP contribution is -1.85. The molecule has 2 aromatic carbocycles. The van der Waals surface area contributed by atoms with Crippen LogP contribution in [0, 0.1) is 6.92 Å². The van der Waals surface area contributed by atoms with Crippen LogP contribution >= 0.6 is 0 Å². The second-order valence-electron chi connectivity index (χ2n) is 3.65. The molecule has 15 heavy (non-hydrogen) atoms. The highest BCUT2D eigenvalue weighted by atomic mass is 16.3. The quantitative estimate of drug-likeness (QED) is 0.693. The van der Waals surface area contributed by atoms with Gasteiger partial charge in [0.1, 0.15) is 5.75 Å². The van der Waals surface area contributed by atoms with Crippen LogP contribution < -0.4 is 5.73 Å². The average molecular weight is 199 g/mol. The average Bonchev–Trinajstić information content (AvgIpc) is 2.17. The van der Waals surface area contributed by atoms with Crippen LogP contribution in [0.3, 0.4) is 0 Å². The molecule has 0 saturated heterocycles. The largest absolute Gasteiger partial charge is 0.507 e. The van der Waals surface area contributed by atoms with E-state index in [2.05, 4.69) is 0 Å². The summed E-state index contributed by atoms with van der Waals surface area (Å²) in [6.07, 6.45) is 0. The molecule has 2 nitrogen and oxygen atoms in total. The summed E-state index contributed by atoms with van der Waals surface area (Å²) in [6, 6.07) is 13.2. The Hall–Kier alpha value is -1.96. The fourth-order valence-corrected chi connectivity index (χ4v) is 1.61. The molecule has 2 heteroatoms. The molecule has 0 heterocycles. The van der Waals surface area contributed by atoms with E-state index < -0.39 is 0 Å². The van der Waals surface area contributed by atoms with Crippen molar-refractivity contribution >= 4 is 5.69 Å². The van der Waals surface area contributed by atoms with Gasteiger partial charge in [0.15, 0.2) is 0 Å². The SMILES string of the molecule is Cc1cccc(-c2ccc(N)cc2O)c1. The molecule has 76 valence electrons. The molecule has 2 aromatic rings. The van der Waals surface area contributed by atoms with Crippen LogP contribution in [0.5, 0.6) is 5.75 Å². The van der Waals surface area contributed by atoms with E-state index in [9.17, 15) is 5.11 Å². The second kappa shape index (κ2) is 3.65. The number of hydrogen-bond acceptors (Lipinski definition) is 2. The van der Waals surface area contributed by atoms with Crippen molar-refractivity contribution in [2.75, 3.05) is 5.73 Å². The first-order chi connectivity index (χ1) is 7.16. The Morgan fingerprint density at radius 3 is 2.53 bits per heavy atom. The first kappa shape index (κ1) is 9.59. The molecule has 0 saturated carbocycles. The van der Waals surface area contributed by atoms with Crippen molar-refractivity contribution in [2.24, 2.45) is 0 Å². The molecule has 0 unspecified atom stereocenters. The van der Waals surface area contributed by atoms with Gasteiger partial charge in [0.25, 0.3) is 0 Å². The molecule has 0 fully saturated rings. The lowest BCUT2D eigenvalue weighted by Gasteiger charge is -2.06. The maximum atomic E-state index is 9.76. The number of hydrogen-bond donors (Lipinski definition) is 2. The number of nitrogens with two attached hydrogens (primary N) is 1. The minimum Gasteiger partial charge on any atom is -0.507 e. The number of aryl methyl sites for hydroxylation is 1. The van der Waals surface area contributed by atoms with Crippen molar-refractivity contribution < 1.29 is 5.11 Å². The van der Waals surface area contributed by atoms with E-state index in [4.69, 9.17) is 5.73 Å². The molecule has 0 radical (unpaired) electrons. The van der Waals surface area contributed by atoms with Crippen molar-refractivity contribution in [2.45, 2.75) is 6.92 Å². The minimum absolute atomic E-state index is 0.223. The molecule has 0 atom stereocenters. The summed E-state index contributed by atoms with van der Waals surface area (Å²) >= 11 is 0. The fraction of sp³-hybridized carbons (Fsp3) is 0.0769. The summed E-state index contributed by atoms with van der Waals surface area (Å²) in [7, 11) is 0. The summed E-state index contributed by atoms with van der Waals surface area (Å²) in [5, 5.41) is 9.76. The van der Waals surface area contributed by atoms with Gasteiger partial charge < -0.3 is 10.8 Å². The summed E-state index contributed by atoms with van der Waals surface area (Å²) in [4.78, 5) is 0. The lowest BCUT2D eigenvalue weighted by molar-refractivity contribution is 0.477. The second-order valence-corrected chi connectivity index (χ2v) is 3.65. The predicted molar refractivity (Wildman–Crippen MR) is 62.7 cm³/mol. The third kappa shape index (κ3) is 1.94. The molecule has 3 N–H and O–H groups in total. The first-order valence-corrected chi connectivity index (χ1v) is 4.82. The van der Waals surface area contributed by atoms with Crippen molar-refractivity contribution in [1.29, 1.82) is 0 Å². The highest BCUT2D eigenvalue weighted by molar-refractivity contribution is 5.72. The Labute approximate surface area is 89.0 Å². The number of phenols is 1. The van der Waals surface area contributed by atoms with Gasteiger partial charge in [-0.2, -0.15) is 0 Å². The Morgan fingerprint density at radius 2 is 1.87 bits per heavy atom. The van der Waals surface area contributed by atoms with Gasteiger partial charge in [-0.05, 0) is 24.6 Å². The standard InChI is InChI=1S/C13H13NO/c1-9-3-2-4-10(7-9)12-6-5-11(14)8-13(12)15/h2-8,15H,14H2,1H3. The number of aromatic hydroxyl groups is 1. The maximum absolute atomic E-state index is 9.76. The summed E-state index contributed by atoms with van der Waals surface area (Å²) in [5.41, 5.74) is 9.14. The monoisotopic (exact) mass is 199 g/mol. The Bertz CT molecular complexity index is 492. The third-order valence-electron chi connectivity index (χ3n) is 2.35. The zero-order valence-corrected chi connectivity index (χ0v) is 8.57. The van der Waals surface area contributed by atoms with E-state index in [1.54, 1.807) is 12.1 Å². The fourth-order valence-electron chi connectivity index (χ4n) is 1.61. The molecule has 0 amide bonds. The van der Waals surface area contributed by atoms with Crippen molar-refractivity contribution in [1.82, 2.24) is 0 Å². The van der Waals surface area contributed by atoms with E-state index in [0.717, 1.165) is 11.1 Å². The number of nitrogen functional groups attached to an aromatic ring is 1. The topological polar surface area (TPSA) is 46.2 Å². The van der Waals surface area contributed by atoms with E-state index in [1.807, 2.05) is 37.3 Å². The smallest absolute Gasteiger partial charge is 0.125 e. The molecule has 0 aliphatic heterocycles. The Balaban J connectivity index is 2.54. The van der Waals surface area contributed by atoms with Gasteiger partial charge in [-0.25, -0.2) is 0 Å². The van der Waals surface area contributed by atoms with Gasteiger partial charge in [0.2, 0.25) is 0 Å². The Kier molecular flexibility index (Phi) is 2.34. The van der Waals surface area contributed by atoms with Gasteiger partial charge in [0.05, 0.1) is 0 Å². The minimum atomic E-state index is 0.223. The molecule has 0 spiro atoms. The van der Waals surface area contributed by atoms with Crippen LogP contribution in [0.1, 0.15) is 5.56 Å². The predicted octanol–water partition coefficient (Wildman–Crippen LogP) is 2.95. The number of rotatable bonds is 1. The third-order valence-corrected chi connectivity index (χ3v) is 2.35. The molecule has 2 rings (SSSR count). The summed E-state index contributed by atoms with van der Waals surface area (Å²) < 4.78 is 0. The van der Waals surface area contributed by atoms with Crippen molar-refractivity contribution in [3.63, 3.8) is 0 Å². The maximum Gasteiger partial charge on any atom is 0.125 e.